The van der Waals surface area contributed by atoms with Crippen molar-refractivity contribution in [2.45, 2.75) is 16.3 Å². The van der Waals surface area contributed by atoms with Crippen LogP contribution in [0.3, 0.4) is 0 Å². The smallest absolute Gasteiger partial charge is 0.336 e. The SMILES string of the molecule is CSc1ccc(CN(C)S(=O)(=O)c2ccc3oc(=O)ccc3c2)cc1. The minimum Gasteiger partial charge on any atom is -0.423 e. The zero-order chi connectivity index (χ0) is 18.0. The van der Waals surface area contributed by atoms with Crippen LogP contribution in [0.4, 0.5) is 0 Å². The summed E-state index contributed by atoms with van der Waals surface area (Å²) in [6, 6.07) is 15.1. The van der Waals surface area contributed by atoms with Crippen LogP contribution in [0, 0.1) is 0 Å². The van der Waals surface area contributed by atoms with E-state index < -0.39 is 15.6 Å². The van der Waals surface area contributed by atoms with Gasteiger partial charge in [-0.15, -0.1) is 11.8 Å². The molecular weight excluding hydrogens is 358 g/mol. The highest BCUT2D eigenvalue weighted by atomic mass is 32.2. The van der Waals surface area contributed by atoms with Crippen LogP contribution in [0.1, 0.15) is 5.56 Å². The summed E-state index contributed by atoms with van der Waals surface area (Å²) >= 11 is 1.64. The Balaban J connectivity index is 1.88. The van der Waals surface area contributed by atoms with Crippen molar-refractivity contribution in [3.63, 3.8) is 0 Å². The van der Waals surface area contributed by atoms with E-state index in [0.717, 1.165) is 10.5 Å². The fourth-order valence-electron chi connectivity index (χ4n) is 2.46. The van der Waals surface area contributed by atoms with Gasteiger partial charge >= 0.3 is 5.63 Å². The van der Waals surface area contributed by atoms with Gasteiger partial charge in [0.25, 0.3) is 0 Å². The number of nitrogens with zero attached hydrogens (tertiary/aromatic N) is 1. The lowest BCUT2D eigenvalue weighted by Gasteiger charge is -2.17. The topological polar surface area (TPSA) is 67.6 Å². The summed E-state index contributed by atoms with van der Waals surface area (Å²) in [7, 11) is -2.10. The van der Waals surface area contributed by atoms with Crippen LogP contribution in [-0.4, -0.2) is 26.0 Å². The van der Waals surface area contributed by atoms with Crippen LogP contribution in [0.15, 0.2) is 73.6 Å². The van der Waals surface area contributed by atoms with Gasteiger partial charge in [-0.2, -0.15) is 4.31 Å². The van der Waals surface area contributed by atoms with Crippen LogP contribution in [0.25, 0.3) is 11.0 Å². The Labute approximate surface area is 150 Å². The summed E-state index contributed by atoms with van der Waals surface area (Å²) in [5.74, 6) is 0. The molecule has 1 aromatic heterocycles. The standard InChI is InChI=1S/C18H17NO4S2/c1-19(12-13-3-6-15(24-2)7-4-13)25(21,22)16-8-9-17-14(11-16)5-10-18(20)23-17/h3-11H,12H2,1-2H3. The highest BCUT2D eigenvalue weighted by Gasteiger charge is 2.21. The van der Waals surface area contributed by atoms with Crippen molar-refractivity contribution >= 4 is 32.8 Å². The van der Waals surface area contributed by atoms with E-state index in [0.29, 0.717) is 11.0 Å². The van der Waals surface area contributed by atoms with E-state index in [1.165, 1.54) is 28.6 Å². The van der Waals surface area contributed by atoms with Crippen molar-refractivity contribution in [2.75, 3.05) is 13.3 Å². The number of sulfonamides is 1. The van der Waals surface area contributed by atoms with E-state index in [2.05, 4.69) is 0 Å². The Morgan fingerprint density at radius 3 is 2.44 bits per heavy atom. The average molecular weight is 375 g/mol. The summed E-state index contributed by atoms with van der Waals surface area (Å²) in [5.41, 5.74) is 0.811. The fraction of sp³-hybridized carbons (Fsp3) is 0.167. The van der Waals surface area contributed by atoms with E-state index >= 15 is 0 Å². The third-order valence-electron chi connectivity index (χ3n) is 3.86. The molecule has 0 saturated heterocycles. The highest BCUT2D eigenvalue weighted by Crippen LogP contribution is 2.22. The first-order valence-corrected chi connectivity index (χ1v) is 10.2. The lowest BCUT2D eigenvalue weighted by atomic mass is 10.2. The summed E-state index contributed by atoms with van der Waals surface area (Å²) in [4.78, 5) is 12.5. The van der Waals surface area contributed by atoms with Crippen LogP contribution in [0.2, 0.25) is 0 Å². The Morgan fingerprint density at radius 2 is 1.76 bits per heavy atom. The highest BCUT2D eigenvalue weighted by molar-refractivity contribution is 7.98. The number of hydrogen-bond acceptors (Lipinski definition) is 5. The molecule has 0 aliphatic carbocycles. The molecule has 0 atom stereocenters. The zero-order valence-corrected chi connectivity index (χ0v) is 15.4. The molecule has 0 amide bonds. The van der Waals surface area contributed by atoms with Crippen LogP contribution < -0.4 is 5.63 Å². The number of rotatable bonds is 5. The van der Waals surface area contributed by atoms with Gasteiger partial charge in [-0.1, -0.05) is 12.1 Å². The summed E-state index contributed by atoms with van der Waals surface area (Å²) in [6.07, 6.45) is 1.99. The molecule has 0 N–H and O–H groups in total. The molecule has 3 rings (SSSR count). The molecule has 3 aromatic rings. The molecular formula is C18H17NO4S2. The summed E-state index contributed by atoms with van der Waals surface area (Å²) in [6.45, 7) is 0.277. The second-order valence-corrected chi connectivity index (χ2v) is 8.49. The van der Waals surface area contributed by atoms with Crippen molar-refractivity contribution in [3.8, 4) is 0 Å². The van der Waals surface area contributed by atoms with Gasteiger partial charge in [0.2, 0.25) is 10.0 Å². The molecule has 0 saturated carbocycles. The summed E-state index contributed by atoms with van der Waals surface area (Å²) in [5, 5.41) is 0.568. The fourth-order valence-corrected chi connectivity index (χ4v) is 4.07. The summed E-state index contributed by atoms with van der Waals surface area (Å²) < 4.78 is 31.9. The van der Waals surface area contributed by atoms with Crippen LogP contribution in [-0.2, 0) is 16.6 Å². The predicted octanol–water partition coefficient (Wildman–Crippen LogP) is 3.34. The van der Waals surface area contributed by atoms with Gasteiger partial charge in [-0.05, 0) is 48.2 Å². The van der Waals surface area contributed by atoms with Gasteiger partial charge in [0, 0.05) is 29.9 Å². The Kier molecular flexibility index (Phi) is 4.99. The number of hydrogen-bond donors (Lipinski definition) is 0. The molecule has 25 heavy (non-hydrogen) atoms. The van der Waals surface area contributed by atoms with Gasteiger partial charge in [0.1, 0.15) is 5.58 Å². The molecule has 0 bridgehead atoms. The normalized spacial score (nSPS) is 12.0. The van der Waals surface area contributed by atoms with Crippen LogP contribution in [0.5, 0.6) is 0 Å². The molecule has 1 heterocycles. The van der Waals surface area contributed by atoms with E-state index in [4.69, 9.17) is 4.42 Å². The van der Waals surface area contributed by atoms with E-state index in [-0.39, 0.29) is 11.4 Å². The first kappa shape index (κ1) is 17.7. The zero-order valence-electron chi connectivity index (χ0n) is 13.8. The van der Waals surface area contributed by atoms with Crippen molar-refractivity contribution in [1.29, 1.82) is 0 Å². The van der Waals surface area contributed by atoms with Gasteiger partial charge in [-0.3, -0.25) is 0 Å². The third-order valence-corrected chi connectivity index (χ3v) is 6.41. The van der Waals surface area contributed by atoms with Crippen molar-refractivity contribution < 1.29 is 12.8 Å². The number of benzene rings is 2. The van der Waals surface area contributed by atoms with Crippen molar-refractivity contribution in [2.24, 2.45) is 0 Å². The molecule has 0 radical (unpaired) electrons. The third kappa shape index (κ3) is 3.78. The van der Waals surface area contributed by atoms with E-state index in [9.17, 15) is 13.2 Å². The molecule has 0 fully saturated rings. The Hall–Kier alpha value is -2.09. The maximum Gasteiger partial charge on any atom is 0.336 e. The number of thioether (sulfide) groups is 1. The minimum absolute atomic E-state index is 0.164. The Bertz CT molecular complexity index is 1060. The minimum atomic E-state index is -3.65. The largest absolute Gasteiger partial charge is 0.423 e. The quantitative estimate of drug-likeness (QED) is 0.505. The molecule has 0 aliphatic heterocycles. The molecule has 2 aromatic carbocycles. The van der Waals surface area contributed by atoms with Crippen LogP contribution >= 0.6 is 11.8 Å². The van der Waals surface area contributed by atoms with Crippen molar-refractivity contribution in [3.05, 3.63) is 70.6 Å². The first-order chi connectivity index (χ1) is 11.9. The van der Waals surface area contributed by atoms with E-state index in [1.54, 1.807) is 24.9 Å². The molecule has 0 unspecified atom stereocenters. The molecule has 7 heteroatoms. The molecule has 0 spiro atoms. The van der Waals surface area contributed by atoms with Gasteiger partial charge in [-0.25, -0.2) is 13.2 Å². The van der Waals surface area contributed by atoms with Gasteiger partial charge < -0.3 is 4.42 Å². The lowest BCUT2D eigenvalue weighted by molar-refractivity contribution is 0.466. The second kappa shape index (κ2) is 7.03. The Morgan fingerprint density at radius 1 is 1.04 bits per heavy atom. The molecule has 0 aliphatic rings. The monoisotopic (exact) mass is 375 g/mol. The maximum atomic E-state index is 12.8. The van der Waals surface area contributed by atoms with Gasteiger partial charge in [0.05, 0.1) is 4.90 Å². The van der Waals surface area contributed by atoms with E-state index in [1.807, 2.05) is 30.5 Å². The predicted molar refractivity (Wildman–Crippen MR) is 99.4 cm³/mol. The lowest BCUT2D eigenvalue weighted by Crippen LogP contribution is -2.26. The average Bonchev–Trinajstić information content (AvgIpc) is 2.61. The van der Waals surface area contributed by atoms with Gasteiger partial charge in [0.15, 0.2) is 0 Å². The number of fused-ring (bicyclic) bond motifs is 1. The first-order valence-electron chi connectivity index (χ1n) is 7.53. The second-order valence-electron chi connectivity index (χ2n) is 5.56. The van der Waals surface area contributed by atoms with Crippen molar-refractivity contribution in [1.82, 2.24) is 4.31 Å². The maximum absolute atomic E-state index is 12.8. The molecule has 5 nitrogen and oxygen atoms in total. The molecule has 130 valence electrons.